The van der Waals surface area contributed by atoms with Crippen LogP contribution < -0.4 is 4.74 Å². The molecular weight excluding hydrogens is 272 g/mol. The van der Waals surface area contributed by atoms with Crippen molar-refractivity contribution in [1.29, 1.82) is 0 Å². The van der Waals surface area contributed by atoms with E-state index in [4.69, 9.17) is 4.74 Å². The second-order valence-corrected chi connectivity index (χ2v) is 7.83. The minimum absolute atomic E-state index is 0.126. The van der Waals surface area contributed by atoms with E-state index >= 15 is 0 Å². The number of aryl methyl sites for hydroxylation is 2. The van der Waals surface area contributed by atoms with E-state index in [0.717, 1.165) is 31.4 Å². The highest BCUT2D eigenvalue weighted by atomic mass is 16.5. The van der Waals surface area contributed by atoms with Gasteiger partial charge >= 0.3 is 0 Å². The van der Waals surface area contributed by atoms with Gasteiger partial charge in [-0.1, -0.05) is 33.8 Å². The minimum Gasteiger partial charge on any atom is -0.496 e. The number of Topliss-reactive ketones (excluding diaryl/α,β-unsaturated/α-hetero) is 1. The van der Waals surface area contributed by atoms with Gasteiger partial charge in [0.05, 0.1) is 7.11 Å². The van der Waals surface area contributed by atoms with Crippen LogP contribution in [-0.2, 0) is 23.1 Å². The van der Waals surface area contributed by atoms with Crippen molar-refractivity contribution in [2.45, 2.75) is 65.2 Å². The fourth-order valence-electron chi connectivity index (χ4n) is 5.03. The normalized spacial score (nSPS) is 29.7. The van der Waals surface area contributed by atoms with Crippen LogP contribution in [0, 0.1) is 11.3 Å². The summed E-state index contributed by atoms with van der Waals surface area (Å²) in [5.41, 5.74) is 4.12. The van der Waals surface area contributed by atoms with E-state index in [9.17, 15) is 4.79 Å². The van der Waals surface area contributed by atoms with E-state index in [0.29, 0.717) is 18.1 Å². The number of hydrogen-bond donors (Lipinski definition) is 0. The zero-order chi connectivity index (χ0) is 16.1. The van der Waals surface area contributed by atoms with E-state index in [1.54, 1.807) is 7.11 Å². The maximum atomic E-state index is 12.4. The van der Waals surface area contributed by atoms with Crippen LogP contribution in [0.3, 0.4) is 0 Å². The van der Waals surface area contributed by atoms with Crippen molar-refractivity contribution in [1.82, 2.24) is 0 Å². The lowest BCUT2D eigenvalue weighted by atomic mass is 9.50. The van der Waals surface area contributed by atoms with Crippen molar-refractivity contribution < 1.29 is 9.53 Å². The first kappa shape index (κ1) is 15.6. The molecule has 0 aromatic heterocycles. The first-order valence-corrected chi connectivity index (χ1v) is 8.58. The van der Waals surface area contributed by atoms with Gasteiger partial charge in [-0.2, -0.15) is 0 Å². The summed E-state index contributed by atoms with van der Waals surface area (Å²) in [5, 5.41) is 0. The average molecular weight is 300 g/mol. The second-order valence-electron chi connectivity index (χ2n) is 7.83. The SMILES string of the molecule is CCc1cc2c(cc1OC)CCC1C(C)(C)C(=O)CCC21C. The highest BCUT2D eigenvalue weighted by Gasteiger charge is 2.53. The number of ether oxygens (including phenoxy) is 1. The minimum atomic E-state index is -0.197. The molecule has 2 aliphatic carbocycles. The lowest BCUT2D eigenvalue weighted by Gasteiger charge is -2.53. The van der Waals surface area contributed by atoms with Crippen LogP contribution in [0.5, 0.6) is 5.75 Å². The molecule has 1 saturated carbocycles. The number of rotatable bonds is 2. The van der Waals surface area contributed by atoms with Crippen molar-refractivity contribution in [2.75, 3.05) is 7.11 Å². The summed E-state index contributed by atoms with van der Waals surface area (Å²) in [6.45, 7) is 8.89. The summed E-state index contributed by atoms with van der Waals surface area (Å²) in [7, 11) is 1.76. The number of methoxy groups -OCH3 is 1. The molecule has 2 atom stereocenters. The van der Waals surface area contributed by atoms with Gasteiger partial charge in [0, 0.05) is 11.8 Å². The molecule has 0 saturated heterocycles. The van der Waals surface area contributed by atoms with Crippen molar-refractivity contribution in [3.8, 4) is 5.75 Å². The molecule has 2 unspecified atom stereocenters. The Hall–Kier alpha value is -1.31. The van der Waals surface area contributed by atoms with Crippen LogP contribution in [0.2, 0.25) is 0 Å². The van der Waals surface area contributed by atoms with E-state index in [1.165, 1.54) is 16.7 Å². The molecule has 2 heteroatoms. The standard InChI is InChI=1S/C20H28O2/c1-6-13-11-15-14(12-16(13)22-5)7-8-17-19(2,3)18(21)9-10-20(15,17)4/h11-12,17H,6-10H2,1-5H3. The molecule has 0 aliphatic heterocycles. The Labute approximate surface area is 134 Å². The van der Waals surface area contributed by atoms with Gasteiger partial charge in [0.15, 0.2) is 0 Å². The fraction of sp³-hybridized carbons (Fsp3) is 0.650. The number of carbonyl (C=O) groups is 1. The molecule has 1 aromatic rings. The predicted octanol–water partition coefficient (Wildman–Crippen LogP) is 4.47. The summed E-state index contributed by atoms with van der Waals surface area (Å²) >= 11 is 0. The van der Waals surface area contributed by atoms with Gasteiger partial charge in [-0.05, 0) is 59.8 Å². The van der Waals surface area contributed by atoms with Gasteiger partial charge in [0.2, 0.25) is 0 Å². The third-order valence-electron chi connectivity index (χ3n) is 6.44. The lowest BCUT2D eigenvalue weighted by Crippen LogP contribution is -2.52. The molecule has 0 radical (unpaired) electrons. The number of hydrogen-bond acceptors (Lipinski definition) is 2. The molecule has 0 heterocycles. The highest BCUT2D eigenvalue weighted by Crippen LogP contribution is 2.56. The molecule has 0 spiro atoms. The lowest BCUT2D eigenvalue weighted by molar-refractivity contribution is -0.137. The van der Waals surface area contributed by atoms with Crippen molar-refractivity contribution in [3.05, 3.63) is 28.8 Å². The van der Waals surface area contributed by atoms with Crippen molar-refractivity contribution >= 4 is 5.78 Å². The van der Waals surface area contributed by atoms with Gasteiger partial charge in [-0.25, -0.2) is 0 Å². The first-order chi connectivity index (χ1) is 10.3. The topological polar surface area (TPSA) is 26.3 Å². The van der Waals surface area contributed by atoms with E-state index < -0.39 is 0 Å². The van der Waals surface area contributed by atoms with E-state index in [2.05, 4.69) is 39.8 Å². The largest absolute Gasteiger partial charge is 0.496 e. The van der Waals surface area contributed by atoms with Crippen molar-refractivity contribution in [3.63, 3.8) is 0 Å². The van der Waals surface area contributed by atoms with Gasteiger partial charge in [0.1, 0.15) is 11.5 Å². The summed E-state index contributed by atoms with van der Waals surface area (Å²) in [4.78, 5) is 12.4. The highest BCUT2D eigenvalue weighted by molar-refractivity contribution is 5.86. The van der Waals surface area contributed by atoms with Crippen molar-refractivity contribution in [2.24, 2.45) is 11.3 Å². The Bertz CT molecular complexity index is 614. The third kappa shape index (κ3) is 2.03. The second kappa shape index (κ2) is 5.11. The number of fused-ring (bicyclic) bond motifs is 3. The Balaban J connectivity index is 2.14. The van der Waals surface area contributed by atoms with Crippen LogP contribution in [0.4, 0.5) is 0 Å². The molecular formula is C20H28O2. The maximum Gasteiger partial charge on any atom is 0.138 e. The molecule has 120 valence electrons. The quantitative estimate of drug-likeness (QED) is 0.805. The zero-order valence-corrected chi connectivity index (χ0v) is 14.6. The summed E-state index contributed by atoms with van der Waals surface area (Å²) in [5.74, 6) is 1.92. The van der Waals surface area contributed by atoms with Crippen LogP contribution in [0.1, 0.15) is 63.6 Å². The van der Waals surface area contributed by atoms with Crippen LogP contribution in [0.25, 0.3) is 0 Å². The molecule has 0 N–H and O–H groups in total. The Kier molecular flexibility index (Phi) is 3.62. The maximum absolute atomic E-state index is 12.4. The summed E-state index contributed by atoms with van der Waals surface area (Å²) < 4.78 is 5.58. The number of carbonyl (C=O) groups excluding carboxylic acids is 1. The number of ketones is 1. The smallest absolute Gasteiger partial charge is 0.138 e. The molecule has 1 aromatic carbocycles. The zero-order valence-electron chi connectivity index (χ0n) is 14.6. The van der Waals surface area contributed by atoms with Crippen LogP contribution in [0.15, 0.2) is 12.1 Å². The van der Waals surface area contributed by atoms with Gasteiger partial charge in [-0.15, -0.1) is 0 Å². The Morgan fingerprint density at radius 3 is 2.59 bits per heavy atom. The van der Waals surface area contributed by atoms with Gasteiger partial charge < -0.3 is 4.74 Å². The first-order valence-electron chi connectivity index (χ1n) is 8.58. The number of benzene rings is 1. The monoisotopic (exact) mass is 300 g/mol. The van der Waals surface area contributed by atoms with E-state index in [1.807, 2.05) is 0 Å². The molecule has 22 heavy (non-hydrogen) atoms. The van der Waals surface area contributed by atoms with Gasteiger partial charge in [0.25, 0.3) is 0 Å². The molecule has 0 bridgehead atoms. The van der Waals surface area contributed by atoms with Crippen LogP contribution in [-0.4, -0.2) is 12.9 Å². The molecule has 2 aliphatic rings. The molecule has 1 fully saturated rings. The average Bonchev–Trinajstić information content (AvgIpc) is 2.50. The summed E-state index contributed by atoms with van der Waals surface area (Å²) in [6.07, 6.45) is 4.86. The van der Waals surface area contributed by atoms with E-state index in [-0.39, 0.29) is 10.8 Å². The predicted molar refractivity (Wildman–Crippen MR) is 89.6 cm³/mol. The Morgan fingerprint density at radius 2 is 1.95 bits per heavy atom. The third-order valence-corrected chi connectivity index (χ3v) is 6.44. The Morgan fingerprint density at radius 1 is 1.23 bits per heavy atom. The molecule has 3 rings (SSSR count). The summed E-state index contributed by atoms with van der Waals surface area (Å²) in [6, 6.07) is 4.62. The fourth-order valence-corrected chi connectivity index (χ4v) is 5.03. The van der Waals surface area contributed by atoms with Gasteiger partial charge in [-0.3, -0.25) is 4.79 Å². The van der Waals surface area contributed by atoms with Crippen LogP contribution >= 0.6 is 0 Å². The molecule has 0 amide bonds. The molecule has 2 nitrogen and oxygen atoms in total.